The highest BCUT2D eigenvalue weighted by Crippen LogP contribution is 2.18. The molecule has 0 aliphatic carbocycles. The van der Waals surface area contributed by atoms with Crippen molar-refractivity contribution < 1.29 is 4.79 Å². The summed E-state index contributed by atoms with van der Waals surface area (Å²) in [6.45, 7) is 12.2. The zero-order valence-electron chi connectivity index (χ0n) is 17.6. The van der Waals surface area contributed by atoms with Crippen molar-refractivity contribution in [1.29, 1.82) is 0 Å². The summed E-state index contributed by atoms with van der Waals surface area (Å²) in [6.07, 6.45) is 0. The van der Waals surface area contributed by atoms with Gasteiger partial charge in [0.15, 0.2) is 5.69 Å². The molecule has 7 heteroatoms. The second kappa shape index (κ2) is 7.63. The van der Waals surface area contributed by atoms with E-state index in [4.69, 9.17) is 0 Å². The molecule has 0 saturated carbocycles. The Balaban J connectivity index is 1.75. The zero-order valence-corrected chi connectivity index (χ0v) is 17.6. The first-order valence-corrected chi connectivity index (χ1v) is 10.4. The number of carbonyl (C=O) groups excluding carboxylic acids is 1. The van der Waals surface area contributed by atoms with Gasteiger partial charge in [-0.2, -0.15) is 5.10 Å². The van der Waals surface area contributed by atoms with E-state index >= 15 is 0 Å². The van der Waals surface area contributed by atoms with E-state index in [1.165, 1.54) is 0 Å². The van der Waals surface area contributed by atoms with Crippen LogP contribution in [-0.4, -0.2) is 62.1 Å². The van der Waals surface area contributed by atoms with Crippen LogP contribution in [0.15, 0.2) is 35.1 Å². The molecule has 3 heterocycles. The molecule has 1 saturated heterocycles. The number of aromatic nitrogens is 3. The van der Waals surface area contributed by atoms with Crippen LogP contribution in [0.4, 0.5) is 0 Å². The predicted molar refractivity (Wildman–Crippen MR) is 114 cm³/mol. The lowest BCUT2D eigenvalue weighted by molar-refractivity contribution is 0.0589. The Morgan fingerprint density at radius 3 is 2.28 bits per heavy atom. The Bertz CT molecular complexity index is 1100. The molecule has 0 N–H and O–H groups in total. The molecule has 0 spiro atoms. The minimum atomic E-state index is -0.103. The molecule has 1 fully saturated rings. The number of rotatable bonds is 4. The van der Waals surface area contributed by atoms with Gasteiger partial charge in [-0.1, -0.05) is 26.0 Å². The first-order chi connectivity index (χ1) is 13.9. The molecule has 1 aromatic carbocycles. The second-order valence-corrected chi connectivity index (χ2v) is 8.55. The van der Waals surface area contributed by atoms with Crippen LogP contribution in [0.3, 0.4) is 0 Å². The van der Waals surface area contributed by atoms with E-state index in [1.54, 1.807) is 15.1 Å². The highest BCUT2D eigenvalue weighted by atomic mass is 16.2. The van der Waals surface area contributed by atoms with Crippen LogP contribution in [0.1, 0.15) is 38.2 Å². The summed E-state index contributed by atoms with van der Waals surface area (Å²) >= 11 is 0. The molecule has 4 rings (SSSR count). The fraction of sp³-hybridized carbons (Fsp3) is 0.500. The standard InChI is InChI=1S/C22H29N5O2/c1-15(2)14-26-18-7-5-6-8-19(18)27-20(22(26)29)13-17(23-27)21(28)25-11-9-24(10-12-25)16(3)4/h5-8,13,15-16H,9-12,14H2,1-4H3. The SMILES string of the molecule is CC(C)Cn1c(=O)c2cc(C(=O)N3CCN(C(C)C)CC3)nn2c2ccccc21. The number of amides is 1. The van der Waals surface area contributed by atoms with Gasteiger partial charge in [-0.3, -0.25) is 14.5 Å². The highest BCUT2D eigenvalue weighted by Gasteiger charge is 2.26. The van der Waals surface area contributed by atoms with Crippen LogP contribution in [-0.2, 0) is 6.54 Å². The molecule has 1 aliphatic rings. The summed E-state index contributed by atoms with van der Waals surface area (Å²) < 4.78 is 3.43. The maximum atomic E-state index is 13.2. The van der Waals surface area contributed by atoms with Crippen molar-refractivity contribution in [2.24, 2.45) is 5.92 Å². The van der Waals surface area contributed by atoms with Crippen LogP contribution >= 0.6 is 0 Å². The van der Waals surface area contributed by atoms with E-state index < -0.39 is 0 Å². The number of carbonyl (C=O) groups is 1. The van der Waals surface area contributed by atoms with E-state index in [0.717, 1.165) is 24.1 Å². The topological polar surface area (TPSA) is 62.9 Å². The molecular weight excluding hydrogens is 366 g/mol. The van der Waals surface area contributed by atoms with Crippen molar-refractivity contribution in [2.75, 3.05) is 26.2 Å². The summed E-state index contributed by atoms with van der Waals surface area (Å²) in [6, 6.07) is 9.87. The molecule has 0 radical (unpaired) electrons. The first-order valence-electron chi connectivity index (χ1n) is 10.4. The van der Waals surface area contributed by atoms with E-state index in [2.05, 4.69) is 37.7 Å². The molecule has 154 valence electrons. The van der Waals surface area contributed by atoms with Gasteiger partial charge in [-0.25, -0.2) is 4.52 Å². The molecule has 1 amide bonds. The smallest absolute Gasteiger partial charge is 0.277 e. The summed E-state index contributed by atoms with van der Waals surface area (Å²) in [5, 5.41) is 4.55. The van der Waals surface area contributed by atoms with Gasteiger partial charge in [0.2, 0.25) is 0 Å². The normalized spacial score (nSPS) is 15.9. The fourth-order valence-electron chi connectivity index (χ4n) is 4.09. The quantitative estimate of drug-likeness (QED) is 0.681. The number of fused-ring (bicyclic) bond motifs is 3. The van der Waals surface area contributed by atoms with Gasteiger partial charge in [-0.05, 0) is 31.9 Å². The van der Waals surface area contributed by atoms with Crippen molar-refractivity contribution >= 4 is 22.5 Å². The van der Waals surface area contributed by atoms with Gasteiger partial charge in [0.25, 0.3) is 11.5 Å². The molecule has 0 unspecified atom stereocenters. The van der Waals surface area contributed by atoms with Crippen LogP contribution in [0, 0.1) is 5.92 Å². The maximum Gasteiger partial charge on any atom is 0.277 e. The maximum absolute atomic E-state index is 13.2. The molecule has 3 aromatic rings. The Labute approximate surface area is 170 Å². The Kier molecular flexibility index (Phi) is 5.17. The van der Waals surface area contributed by atoms with Gasteiger partial charge in [0.05, 0.1) is 11.0 Å². The molecule has 1 aliphatic heterocycles. The number of hydrogen-bond donors (Lipinski definition) is 0. The molecule has 0 bridgehead atoms. The van der Waals surface area contributed by atoms with Gasteiger partial charge >= 0.3 is 0 Å². The van der Waals surface area contributed by atoms with Crippen molar-refractivity contribution in [3.05, 3.63) is 46.4 Å². The van der Waals surface area contributed by atoms with Crippen LogP contribution in [0.2, 0.25) is 0 Å². The van der Waals surface area contributed by atoms with Crippen molar-refractivity contribution in [2.45, 2.75) is 40.3 Å². The van der Waals surface area contributed by atoms with Crippen LogP contribution in [0.25, 0.3) is 16.6 Å². The van der Waals surface area contributed by atoms with Gasteiger partial charge in [-0.15, -0.1) is 0 Å². The van der Waals surface area contributed by atoms with E-state index in [0.29, 0.717) is 42.8 Å². The summed E-state index contributed by atoms with van der Waals surface area (Å²) in [5.74, 6) is 0.232. The number of piperazine rings is 1. The zero-order chi connectivity index (χ0) is 20.7. The van der Waals surface area contributed by atoms with E-state index in [-0.39, 0.29) is 11.5 Å². The van der Waals surface area contributed by atoms with Crippen LogP contribution in [0.5, 0.6) is 0 Å². The third kappa shape index (κ3) is 3.55. The minimum absolute atomic E-state index is 0.101. The first kappa shape index (κ1) is 19.6. The molecule has 2 aromatic heterocycles. The van der Waals surface area contributed by atoms with Gasteiger partial charge < -0.3 is 9.47 Å². The highest BCUT2D eigenvalue weighted by molar-refractivity contribution is 5.94. The van der Waals surface area contributed by atoms with Gasteiger partial charge in [0, 0.05) is 44.8 Å². The van der Waals surface area contributed by atoms with Crippen LogP contribution < -0.4 is 5.56 Å². The Morgan fingerprint density at radius 1 is 1.00 bits per heavy atom. The fourth-order valence-corrected chi connectivity index (χ4v) is 4.09. The number of benzene rings is 1. The lowest BCUT2D eigenvalue weighted by atomic mass is 10.2. The minimum Gasteiger partial charge on any atom is -0.335 e. The number of hydrogen-bond acceptors (Lipinski definition) is 4. The Morgan fingerprint density at radius 2 is 1.66 bits per heavy atom. The Hall–Kier alpha value is -2.67. The molecule has 29 heavy (non-hydrogen) atoms. The second-order valence-electron chi connectivity index (χ2n) is 8.55. The predicted octanol–water partition coefficient (Wildman–Crippen LogP) is 2.47. The largest absolute Gasteiger partial charge is 0.335 e. The monoisotopic (exact) mass is 395 g/mol. The molecule has 0 atom stereocenters. The summed E-state index contributed by atoms with van der Waals surface area (Å²) in [4.78, 5) is 30.5. The lowest BCUT2D eigenvalue weighted by Crippen LogP contribution is -2.50. The van der Waals surface area contributed by atoms with Crippen molar-refractivity contribution in [3.63, 3.8) is 0 Å². The average Bonchev–Trinajstić information content (AvgIpc) is 3.16. The van der Waals surface area contributed by atoms with Crippen molar-refractivity contribution in [3.8, 4) is 0 Å². The lowest BCUT2D eigenvalue weighted by Gasteiger charge is -2.36. The molecular formula is C22H29N5O2. The number of nitrogens with zero attached hydrogens (tertiary/aromatic N) is 5. The van der Waals surface area contributed by atoms with E-state index in [1.807, 2.05) is 29.2 Å². The summed E-state index contributed by atoms with van der Waals surface area (Å²) in [7, 11) is 0. The summed E-state index contributed by atoms with van der Waals surface area (Å²) in [5.41, 5.74) is 2.37. The molecule has 7 nitrogen and oxygen atoms in total. The van der Waals surface area contributed by atoms with E-state index in [9.17, 15) is 9.59 Å². The van der Waals surface area contributed by atoms with Gasteiger partial charge in [0.1, 0.15) is 5.52 Å². The van der Waals surface area contributed by atoms with Crippen molar-refractivity contribution in [1.82, 2.24) is 24.0 Å². The number of para-hydroxylation sites is 2. The average molecular weight is 396 g/mol. The third-order valence-electron chi connectivity index (χ3n) is 5.67. The third-order valence-corrected chi connectivity index (χ3v) is 5.67.